The standard InChI is InChI=1S/C16H18N6/c1-9-7-14(20-16(17)19-9)22-21-12-6-5-10-8-18-13-4-2-3-11(12)15(10)13/h2-4,7,10,18H,5-6,8H2,1H3,(H3,17,19,20,22)/b21-12-. The van der Waals surface area contributed by atoms with Crippen LogP contribution in [0.25, 0.3) is 0 Å². The molecule has 2 heterocycles. The van der Waals surface area contributed by atoms with Gasteiger partial charge in [0.1, 0.15) is 0 Å². The summed E-state index contributed by atoms with van der Waals surface area (Å²) in [5.41, 5.74) is 14.5. The van der Waals surface area contributed by atoms with Gasteiger partial charge >= 0.3 is 0 Å². The van der Waals surface area contributed by atoms with E-state index >= 15 is 0 Å². The highest BCUT2D eigenvalue weighted by atomic mass is 15.3. The second-order valence-corrected chi connectivity index (χ2v) is 5.81. The van der Waals surface area contributed by atoms with Crippen LogP contribution >= 0.6 is 0 Å². The molecule has 0 radical (unpaired) electrons. The van der Waals surface area contributed by atoms with Gasteiger partial charge in [0, 0.05) is 35.5 Å². The number of hydrogen-bond acceptors (Lipinski definition) is 6. The molecule has 1 atom stereocenters. The molecule has 1 unspecified atom stereocenters. The zero-order valence-corrected chi connectivity index (χ0v) is 12.4. The van der Waals surface area contributed by atoms with Gasteiger partial charge < -0.3 is 11.1 Å². The van der Waals surface area contributed by atoms with Gasteiger partial charge in [-0.05, 0) is 31.4 Å². The van der Waals surface area contributed by atoms with Crippen molar-refractivity contribution in [2.24, 2.45) is 5.10 Å². The fourth-order valence-electron chi connectivity index (χ4n) is 3.33. The zero-order chi connectivity index (χ0) is 15.1. The van der Waals surface area contributed by atoms with Crippen molar-refractivity contribution < 1.29 is 0 Å². The summed E-state index contributed by atoms with van der Waals surface area (Å²) >= 11 is 0. The summed E-state index contributed by atoms with van der Waals surface area (Å²) in [7, 11) is 0. The molecule has 0 fully saturated rings. The molecule has 6 nitrogen and oxygen atoms in total. The number of rotatable bonds is 2. The number of benzene rings is 1. The molecule has 4 N–H and O–H groups in total. The van der Waals surface area contributed by atoms with Crippen molar-refractivity contribution in [2.75, 3.05) is 23.0 Å². The molecule has 22 heavy (non-hydrogen) atoms. The Morgan fingerprint density at radius 3 is 3.14 bits per heavy atom. The number of nitrogens with two attached hydrogens (primary N) is 1. The smallest absolute Gasteiger partial charge is 0.222 e. The van der Waals surface area contributed by atoms with Gasteiger partial charge in [-0.2, -0.15) is 10.1 Å². The molecule has 2 aromatic rings. The summed E-state index contributed by atoms with van der Waals surface area (Å²) in [6, 6.07) is 8.21. The van der Waals surface area contributed by atoms with Gasteiger partial charge in [0.2, 0.25) is 5.95 Å². The number of hydrogen-bond donors (Lipinski definition) is 3. The van der Waals surface area contributed by atoms with Crippen LogP contribution in [-0.4, -0.2) is 22.2 Å². The summed E-state index contributed by atoms with van der Waals surface area (Å²) in [5.74, 6) is 1.50. The Kier molecular flexibility index (Phi) is 2.96. The molecule has 1 aliphatic heterocycles. The van der Waals surface area contributed by atoms with E-state index in [2.05, 4.69) is 44.0 Å². The first-order valence-electron chi connectivity index (χ1n) is 7.51. The summed E-state index contributed by atoms with van der Waals surface area (Å²) in [6.45, 7) is 2.92. The third-order valence-corrected chi connectivity index (χ3v) is 4.27. The summed E-state index contributed by atoms with van der Waals surface area (Å²) in [5, 5.41) is 8.05. The Labute approximate surface area is 128 Å². The number of nitrogens with one attached hydrogen (secondary N) is 2. The van der Waals surface area contributed by atoms with E-state index in [0.717, 1.165) is 30.8 Å². The zero-order valence-electron chi connectivity index (χ0n) is 12.4. The fraction of sp³-hybridized carbons (Fsp3) is 0.312. The van der Waals surface area contributed by atoms with E-state index in [0.29, 0.717) is 11.7 Å². The molecular formula is C16H18N6. The van der Waals surface area contributed by atoms with Crippen molar-refractivity contribution in [2.45, 2.75) is 25.7 Å². The van der Waals surface area contributed by atoms with Gasteiger partial charge in [-0.25, -0.2) is 4.98 Å². The van der Waals surface area contributed by atoms with Gasteiger partial charge in [-0.15, -0.1) is 0 Å². The summed E-state index contributed by atoms with van der Waals surface area (Å²) in [6.07, 6.45) is 2.10. The molecule has 1 aliphatic carbocycles. The lowest BCUT2D eigenvalue weighted by atomic mass is 9.83. The van der Waals surface area contributed by atoms with Crippen LogP contribution in [0, 0.1) is 6.92 Å². The Bertz CT molecular complexity index is 747. The molecule has 1 aromatic heterocycles. The molecule has 0 amide bonds. The van der Waals surface area contributed by atoms with Gasteiger partial charge in [0.15, 0.2) is 5.82 Å². The van der Waals surface area contributed by atoms with Gasteiger partial charge in [-0.3, -0.25) is 5.43 Å². The van der Waals surface area contributed by atoms with E-state index in [9.17, 15) is 0 Å². The fourth-order valence-corrected chi connectivity index (χ4v) is 3.33. The highest BCUT2D eigenvalue weighted by molar-refractivity contribution is 6.05. The SMILES string of the molecule is Cc1cc(N/N=C2/CCC3CNc4cccc2c43)nc(N)n1. The topological polar surface area (TPSA) is 88.2 Å². The normalized spacial score (nSPS) is 20.6. The van der Waals surface area contributed by atoms with E-state index in [1.54, 1.807) is 0 Å². The Balaban J connectivity index is 1.67. The number of aromatic nitrogens is 2. The molecule has 0 bridgehead atoms. The van der Waals surface area contributed by atoms with E-state index in [1.165, 1.54) is 16.8 Å². The first-order valence-corrected chi connectivity index (χ1v) is 7.51. The second-order valence-electron chi connectivity index (χ2n) is 5.81. The molecule has 4 rings (SSSR count). The third kappa shape index (κ3) is 2.16. The third-order valence-electron chi connectivity index (χ3n) is 4.27. The summed E-state index contributed by atoms with van der Waals surface area (Å²) < 4.78 is 0. The minimum absolute atomic E-state index is 0.260. The first-order chi connectivity index (χ1) is 10.7. The highest BCUT2D eigenvalue weighted by Gasteiger charge is 2.30. The van der Waals surface area contributed by atoms with Gasteiger partial charge in [-0.1, -0.05) is 12.1 Å². The van der Waals surface area contributed by atoms with E-state index in [4.69, 9.17) is 5.73 Å². The quantitative estimate of drug-likeness (QED) is 0.741. The van der Waals surface area contributed by atoms with Gasteiger partial charge in [0.05, 0.1) is 5.71 Å². The number of nitrogens with zero attached hydrogens (tertiary/aromatic N) is 3. The van der Waals surface area contributed by atoms with Crippen molar-refractivity contribution in [1.29, 1.82) is 0 Å². The molecule has 2 aliphatic rings. The average molecular weight is 294 g/mol. The molecule has 0 saturated carbocycles. The maximum absolute atomic E-state index is 5.67. The maximum Gasteiger partial charge on any atom is 0.222 e. The van der Waals surface area contributed by atoms with Crippen molar-refractivity contribution in [3.8, 4) is 0 Å². The number of hydrazone groups is 1. The molecule has 112 valence electrons. The Hall–Kier alpha value is -2.63. The Morgan fingerprint density at radius 1 is 1.36 bits per heavy atom. The van der Waals surface area contributed by atoms with E-state index in [1.807, 2.05) is 13.0 Å². The van der Waals surface area contributed by atoms with Crippen LogP contribution in [0.15, 0.2) is 29.4 Å². The maximum atomic E-state index is 5.67. The van der Waals surface area contributed by atoms with Crippen molar-refractivity contribution >= 4 is 23.2 Å². The Morgan fingerprint density at radius 2 is 2.27 bits per heavy atom. The number of aryl methyl sites for hydroxylation is 1. The lowest BCUT2D eigenvalue weighted by Crippen LogP contribution is -2.17. The van der Waals surface area contributed by atoms with Crippen LogP contribution in [0.5, 0.6) is 0 Å². The van der Waals surface area contributed by atoms with Crippen LogP contribution in [0.4, 0.5) is 17.5 Å². The molecule has 0 saturated heterocycles. The minimum Gasteiger partial charge on any atom is -0.384 e. The van der Waals surface area contributed by atoms with Crippen LogP contribution in [-0.2, 0) is 0 Å². The van der Waals surface area contributed by atoms with Crippen molar-refractivity contribution in [3.05, 3.63) is 41.1 Å². The van der Waals surface area contributed by atoms with Crippen molar-refractivity contribution in [1.82, 2.24) is 9.97 Å². The predicted octanol–water partition coefficient (Wildman–Crippen LogP) is 2.49. The average Bonchev–Trinajstić information content (AvgIpc) is 2.91. The largest absolute Gasteiger partial charge is 0.384 e. The van der Waals surface area contributed by atoms with Crippen LogP contribution in [0.1, 0.15) is 35.6 Å². The lowest BCUT2D eigenvalue weighted by Gasteiger charge is -2.22. The van der Waals surface area contributed by atoms with Crippen molar-refractivity contribution in [3.63, 3.8) is 0 Å². The van der Waals surface area contributed by atoms with Crippen LogP contribution < -0.4 is 16.5 Å². The van der Waals surface area contributed by atoms with E-state index in [-0.39, 0.29) is 5.95 Å². The molecule has 1 aromatic carbocycles. The van der Waals surface area contributed by atoms with E-state index < -0.39 is 0 Å². The highest BCUT2D eigenvalue weighted by Crippen LogP contribution is 2.41. The molecule has 0 spiro atoms. The number of anilines is 3. The predicted molar refractivity (Wildman–Crippen MR) is 88.2 cm³/mol. The van der Waals surface area contributed by atoms with Gasteiger partial charge in [0.25, 0.3) is 0 Å². The van der Waals surface area contributed by atoms with Crippen LogP contribution in [0.3, 0.4) is 0 Å². The molecular weight excluding hydrogens is 276 g/mol. The lowest BCUT2D eigenvalue weighted by molar-refractivity contribution is 0.682. The van der Waals surface area contributed by atoms with Crippen LogP contribution in [0.2, 0.25) is 0 Å². The first kappa shape index (κ1) is 13.1. The number of nitrogen functional groups attached to an aromatic ring is 1. The second kappa shape index (κ2) is 4.98. The summed E-state index contributed by atoms with van der Waals surface area (Å²) in [4.78, 5) is 8.22. The minimum atomic E-state index is 0.260. The monoisotopic (exact) mass is 294 g/mol. The molecule has 6 heteroatoms.